The van der Waals surface area contributed by atoms with E-state index in [9.17, 15) is 4.79 Å². The van der Waals surface area contributed by atoms with Crippen molar-refractivity contribution >= 4 is 53.7 Å². The Morgan fingerprint density at radius 2 is 1.83 bits per heavy atom. The van der Waals surface area contributed by atoms with Crippen molar-refractivity contribution in [2.24, 2.45) is 0 Å². The number of ketones is 1. The maximum Gasteiger partial charge on any atom is 0.166 e. The average molecular weight is 418 g/mol. The molecule has 1 aliphatic rings. The first kappa shape index (κ1) is 20.9. The Morgan fingerprint density at radius 1 is 1.10 bits per heavy atom. The number of nitrogens with zero attached hydrogens (tertiary/aromatic N) is 2. The molecule has 0 amide bonds. The Hall–Kier alpha value is -2.34. The third kappa shape index (κ3) is 4.86. The quantitative estimate of drug-likeness (QED) is 0.492. The number of hydrogen-bond donors (Lipinski definition) is 1. The summed E-state index contributed by atoms with van der Waals surface area (Å²) in [5.41, 5.74) is 4.13. The summed E-state index contributed by atoms with van der Waals surface area (Å²) in [6.07, 6.45) is 4.45. The van der Waals surface area contributed by atoms with Gasteiger partial charge in [0.25, 0.3) is 0 Å². The summed E-state index contributed by atoms with van der Waals surface area (Å²) < 4.78 is 0. The van der Waals surface area contributed by atoms with Gasteiger partial charge in [0.1, 0.15) is 7.85 Å². The van der Waals surface area contributed by atoms with E-state index in [0.717, 1.165) is 60.4 Å². The molecule has 1 N–H and O–H groups in total. The molecule has 30 heavy (non-hydrogen) atoms. The Bertz CT molecular complexity index is 1070. The fraction of sp³-hybridized carbons (Fsp3) is 0.292. The maximum atomic E-state index is 13.2. The molecular formula is C24H25BClN3O. The van der Waals surface area contributed by atoms with Gasteiger partial charge in [0.15, 0.2) is 5.78 Å². The van der Waals surface area contributed by atoms with E-state index >= 15 is 0 Å². The predicted molar refractivity (Wildman–Crippen MR) is 127 cm³/mol. The van der Waals surface area contributed by atoms with E-state index in [4.69, 9.17) is 19.4 Å². The molecule has 3 aromatic rings. The lowest BCUT2D eigenvalue weighted by Crippen LogP contribution is -2.45. The van der Waals surface area contributed by atoms with Crippen LogP contribution in [-0.2, 0) is 0 Å². The van der Waals surface area contributed by atoms with Crippen LogP contribution in [0.25, 0.3) is 23.1 Å². The van der Waals surface area contributed by atoms with Crippen molar-refractivity contribution in [3.8, 4) is 0 Å². The highest BCUT2D eigenvalue weighted by Gasteiger charge is 2.19. The number of benzene rings is 2. The normalized spacial score (nSPS) is 15.9. The minimum absolute atomic E-state index is 0.153. The monoisotopic (exact) mass is 417 g/mol. The number of halogens is 1. The largest absolute Gasteiger partial charge is 0.354 e. The summed E-state index contributed by atoms with van der Waals surface area (Å²) in [5, 5.41) is 1.62. The molecule has 1 aromatic heterocycles. The van der Waals surface area contributed by atoms with Crippen molar-refractivity contribution in [3.05, 3.63) is 64.3 Å². The van der Waals surface area contributed by atoms with Gasteiger partial charge in [-0.3, -0.25) is 4.79 Å². The molecule has 152 valence electrons. The van der Waals surface area contributed by atoms with Gasteiger partial charge in [-0.15, -0.1) is 0 Å². The number of nitrogens with one attached hydrogen (secondary N) is 1. The minimum atomic E-state index is 0.153. The molecule has 0 spiro atoms. The number of hydrogen-bond acceptors (Lipinski definition) is 3. The van der Waals surface area contributed by atoms with E-state index < -0.39 is 0 Å². The number of fused-ring (bicyclic) bond motifs is 1. The van der Waals surface area contributed by atoms with Crippen molar-refractivity contribution in [3.63, 3.8) is 0 Å². The van der Waals surface area contributed by atoms with E-state index in [-0.39, 0.29) is 5.78 Å². The minimum Gasteiger partial charge on any atom is -0.354 e. The summed E-state index contributed by atoms with van der Waals surface area (Å²) in [6.45, 7) is 4.91. The smallest absolute Gasteiger partial charge is 0.166 e. The highest BCUT2D eigenvalue weighted by atomic mass is 35.5. The standard InChI is InChI=1S/C24H25BClN3O/c1-28-12-14-29(15-13-28)11-10-23(30)24-20-8-5-18(25)16-22(20)27-21(24)9-4-17-2-6-19(26)7-3-17/h2-9,16,27H,10-15H2,1H3/b9-4+. The molecule has 0 unspecified atom stereocenters. The number of Topliss-reactive ketones (excluding diaryl/α,β-unsaturated/α-hetero) is 1. The number of aromatic amines is 1. The van der Waals surface area contributed by atoms with Gasteiger partial charge in [-0.25, -0.2) is 0 Å². The van der Waals surface area contributed by atoms with Crippen molar-refractivity contribution in [1.82, 2.24) is 14.8 Å². The Labute approximate surface area is 183 Å². The lowest BCUT2D eigenvalue weighted by Gasteiger charge is -2.32. The van der Waals surface area contributed by atoms with Crippen molar-refractivity contribution in [1.29, 1.82) is 0 Å². The number of rotatable bonds is 6. The summed E-state index contributed by atoms with van der Waals surface area (Å²) in [5.74, 6) is 0.153. The Balaban J connectivity index is 1.59. The third-order valence-corrected chi connectivity index (χ3v) is 5.95. The van der Waals surface area contributed by atoms with Gasteiger partial charge in [-0.2, -0.15) is 0 Å². The van der Waals surface area contributed by atoms with Crippen LogP contribution in [-0.4, -0.2) is 68.2 Å². The Kier molecular flexibility index (Phi) is 6.42. The molecule has 0 bridgehead atoms. The Morgan fingerprint density at radius 3 is 2.57 bits per heavy atom. The van der Waals surface area contributed by atoms with E-state index in [0.29, 0.717) is 16.9 Å². The van der Waals surface area contributed by atoms with E-state index in [1.807, 2.05) is 54.6 Å². The zero-order valence-corrected chi connectivity index (χ0v) is 18.0. The molecule has 2 heterocycles. The molecule has 1 aliphatic heterocycles. The zero-order chi connectivity index (χ0) is 21.1. The van der Waals surface area contributed by atoms with Gasteiger partial charge >= 0.3 is 0 Å². The maximum absolute atomic E-state index is 13.2. The van der Waals surface area contributed by atoms with Crippen LogP contribution >= 0.6 is 11.6 Å². The van der Waals surface area contributed by atoms with E-state index in [2.05, 4.69) is 21.8 Å². The number of carbonyl (C=O) groups is 1. The summed E-state index contributed by atoms with van der Waals surface area (Å²) in [4.78, 5) is 21.3. The molecular weight excluding hydrogens is 393 g/mol. The predicted octanol–water partition coefficient (Wildman–Crippen LogP) is 3.61. The molecule has 4 rings (SSSR count). The molecule has 0 aliphatic carbocycles. The van der Waals surface area contributed by atoms with Gasteiger partial charge in [-0.1, -0.05) is 47.4 Å². The van der Waals surface area contributed by atoms with Gasteiger partial charge in [0.2, 0.25) is 0 Å². The highest BCUT2D eigenvalue weighted by molar-refractivity contribution is 6.33. The number of H-pyrrole nitrogens is 1. The summed E-state index contributed by atoms with van der Waals surface area (Å²) in [7, 11) is 8.10. The number of likely N-dealkylation sites (N-methyl/N-ethyl adjacent to an activating group) is 1. The van der Waals surface area contributed by atoms with Gasteiger partial charge in [0, 0.05) is 55.1 Å². The molecule has 0 saturated carbocycles. The molecule has 2 radical (unpaired) electrons. The molecule has 4 nitrogen and oxygen atoms in total. The van der Waals surface area contributed by atoms with Crippen LogP contribution < -0.4 is 5.46 Å². The zero-order valence-electron chi connectivity index (χ0n) is 17.2. The number of piperazine rings is 1. The van der Waals surface area contributed by atoms with Gasteiger partial charge in [-0.05, 0) is 36.9 Å². The third-order valence-electron chi connectivity index (χ3n) is 5.69. The fourth-order valence-corrected chi connectivity index (χ4v) is 4.00. The highest BCUT2D eigenvalue weighted by Crippen LogP contribution is 2.25. The van der Waals surface area contributed by atoms with E-state index in [1.165, 1.54) is 0 Å². The van der Waals surface area contributed by atoms with Crippen LogP contribution in [0, 0.1) is 0 Å². The molecule has 6 heteroatoms. The molecule has 1 fully saturated rings. The van der Waals surface area contributed by atoms with Crippen molar-refractivity contribution in [2.75, 3.05) is 39.8 Å². The molecule has 2 aromatic carbocycles. The van der Waals surface area contributed by atoms with Crippen molar-refractivity contribution < 1.29 is 4.79 Å². The first-order valence-corrected chi connectivity index (χ1v) is 10.7. The van der Waals surface area contributed by atoms with Crippen LogP contribution in [0.15, 0.2) is 42.5 Å². The summed E-state index contributed by atoms with van der Waals surface area (Å²) in [6, 6.07) is 13.3. The first-order chi connectivity index (χ1) is 14.5. The second kappa shape index (κ2) is 9.21. The molecule has 0 atom stereocenters. The van der Waals surface area contributed by atoms with Gasteiger partial charge < -0.3 is 14.8 Å². The van der Waals surface area contributed by atoms with Crippen LogP contribution in [0.1, 0.15) is 28.0 Å². The van der Waals surface area contributed by atoms with Crippen LogP contribution in [0.3, 0.4) is 0 Å². The SMILES string of the molecule is [B]c1ccc2c(C(=O)CCN3CCN(C)CC3)c(/C=C/c3ccc(Cl)cc3)[nH]c2c1. The average Bonchev–Trinajstić information content (AvgIpc) is 3.10. The second-order valence-corrected chi connectivity index (χ2v) is 8.36. The van der Waals surface area contributed by atoms with Crippen LogP contribution in [0.4, 0.5) is 0 Å². The van der Waals surface area contributed by atoms with Crippen molar-refractivity contribution in [2.45, 2.75) is 6.42 Å². The first-order valence-electron chi connectivity index (χ1n) is 10.3. The second-order valence-electron chi connectivity index (χ2n) is 7.92. The van der Waals surface area contributed by atoms with Crippen LogP contribution in [0.5, 0.6) is 0 Å². The lowest BCUT2D eigenvalue weighted by atomic mass is 9.94. The number of carbonyl (C=O) groups excluding carboxylic acids is 1. The molecule has 1 saturated heterocycles. The summed E-state index contributed by atoms with van der Waals surface area (Å²) >= 11 is 5.98. The number of aromatic nitrogens is 1. The lowest BCUT2D eigenvalue weighted by molar-refractivity contribution is 0.0943. The van der Waals surface area contributed by atoms with Gasteiger partial charge in [0.05, 0.1) is 11.3 Å². The topological polar surface area (TPSA) is 39.3 Å². The fourth-order valence-electron chi connectivity index (χ4n) is 3.87. The van der Waals surface area contributed by atoms with Crippen LogP contribution in [0.2, 0.25) is 5.02 Å². The van der Waals surface area contributed by atoms with E-state index in [1.54, 1.807) is 0 Å².